The van der Waals surface area contributed by atoms with Gasteiger partial charge in [0.2, 0.25) is 24.9 Å². The summed E-state index contributed by atoms with van der Waals surface area (Å²) in [5.41, 5.74) is 14.7. The van der Waals surface area contributed by atoms with E-state index in [2.05, 4.69) is 49.4 Å². The van der Waals surface area contributed by atoms with Crippen LogP contribution < -0.4 is 28.4 Å². The molecule has 8 atom stereocenters. The number of nitro benzene ring substituents is 2. The van der Waals surface area contributed by atoms with Gasteiger partial charge in [-0.15, -0.1) is 11.3 Å². The Morgan fingerprint density at radius 3 is 1.34 bits per heavy atom. The van der Waals surface area contributed by atoms with Gasteiger partial charge >= 0.3 is 0 Å². The number of para-hydroxylation sites is 2. The van der Waals surface area contributed by atoms with Crippen molar-refractivity contribution >= 4 is 89.0 Å². The molecule has 27 heteroatoms. The van der Waals surface area contributed by atoms with Crippen LogP contribution in [0.5, 0.6) is 46.0 Å². The molecule has 0 saturated heterocycles. The third-order valence-corrected chi connectivity index (χ3v) is 23.3. The van der Waals surface area contributed by atoms with Crippen LogP contribution in [0.15, 0.2) is 290 Å². The van der Waals surface area contributed by atoms with E-state index in [9.17, 15) is 34.8 Å². The highest BCUT2D eigenvalue weighted by molar-refractivity contribution is 9.10. The Morgan fingerprint density at radius 2 is 0.853 bits per heavy atom. The zero-order valence-corrected chi connectivity index (χ0v) is 66.9. The van der Waals surface area contributed by atoms with E-state index in [0.717, 1.165) is 116 Å². The topological polar surface area (TPSA) is 245 Å². The quantitative estimate of drug-likeness (QED) is 0.0853. The second-order valence-electron chi connectivity index (χ2n) is 28.3. The van der Waals surface area contributed by atoms with Crippen LogP contribution in [-0.4, -0.2) is 77.2 Å². The molecule has 0 aliphatic carbocycles. The molecule has 0 amide bonds. The lowest BCUT2D eigenvalue weighted by atomic mass is 9.95. The second kappa shape index (κ2) is 32.3. The Balaban J connectivity index is 0.000000111. The van der Waals surface area contributed by atoms with Crippen molar-refractivity contribution in [3.05, 3.63) is 372 Å². The molecule has 8 aliphatic rings. The summed E-state index contributed by atoms with van der Waals surface area (Å²) in [4.78, 5) is 22.9. The van der Waals surface area contributed by atoms with E-state index in [4.69, 9.17) is 60.4 Å². The van der Waals surface area contributed by atoms with Crippen LogP contribution in [0, 0.1) is 33.0 Å². The fourth-order valence-electron chi connectivity index (χ4n) is 15.5. The fraction of sp³-hybridized carbons (Fsp3) is 0.169. The number of halogens is 4. The maximum Gasteiger partial charge on any atom is 0.269 e. The van der Waals surface area contributed by atoms with E-state index >= 15 is 0 Å². The number of aryl methyl sites for hydroxylation is 1. The molecule has 0 fully saturated rings. The average Bonchev–Trinajstić information content (AvgIpc) is 1.58. The van der Waals surface area contributed by atoms with Gasteiger partial charge in [0, 0.05) is 97.3 Å². The maximum absolute atomic E-state index is 13.3. The fourth-order valence-corrected chi connectivity index (χ4v) is 17.1. The number of non-ortho nitro benzene ring substituents is 2. The summed E-state index contributed by atoms with van der Waals surface area (Å²) in [6.45, 7) is 1.98. The molecular formula is C89H70Br2ClFN10O12S. The van der Waals surface area contributed by atoms with E-state index in [0.29, 0.717) is 52.3 Å². The minimum Gasteiger partial charge on any atom is -0.507 e. The number of phenolic OH excluding ortho intramolecular Hbond substituents is 2. The molecule has 0 bridgehead atoms. The first-order valence-corrected chi connectivity index (χ1v) is 39.9. The normalized spacial score (nSPS) is 19.8. The van der Waals surface area contributed by atoms with Gasteiger partial charge in [-0.05, 0) is 162 Å². The SMILES string of the molecule is COc1ccc(C2=NN3C(C2)c2cc(Br)ccc2OC3c2cccc([N+](=O)[O-])c2)cc1.COc1ccc(O)c(C2Oc3ccccc3C3CC(c4cccs4)=NN32)c1.Cc1ccc(O)c(C2Oc3ccccc3C3CC(c4ccc(F)cc4)=NN32)c1.O=[N+]([O-])c1cccc(C2Oc3ccc(Br)cc3C3CC(c4ccc(Cl)cc4)=NN32)c1. The number of rotatable bonds is 12. The minimum atomic E-state index is -0.562. The smallest absolute Gasteiger partial charge is 0.269 e. The van der Waals surface area contributed by atoms with Gasteiger partial charge in [0.05, 0.1) is 87.1 Å². The van der Waals surface area contributed by atoms with Crippen LogP contribution in [-0.2, 0) is 0 Å². The lowest BCUT2D eigenvalue weighted by molar-refractivity contribution is -0.385. The van der Waals surface area contributed by atoms with Crippen LogP contribution in [0.3, 0.4) is 0 Å². The molecule has 20 rings (SSSR count). The highest BCUT2D eigenvalue weighted by atomic mass is 79.9. The molecule has 116 heavy (non-hydrogen) atoms. The van der Waals surface area contributed by atoms with Gasteiger partial charge in [-0.2, -0.15) is 20.4 Å². The molecule has 8 aliphatic heterocycles. The van der Waals surface area contributed by atoms with Crippen LogP contribution >= 0.6 is 54.8 Å². The van der Waals surface area contributed by atoms with Gasteiger partial charge in [-0.3, -0.25) is 20.2 Å². The van der Waals surface area contributed by atoms with E-state index in [1.54, 1.807) is 80.2 Å². The number of nitrogens with zero attached hydrogens (tertiary/aromatic N) is 10. The molecular weight excluding hydrogens is 1650 g/mol. The minimum absolute atomic E-state index is 0.00471. The number of hydrogen-bond donors (Lipinski definition) is 2. The maximum atomic E-state index is 13.3. The van der Waals surface area contributed by atoms with E-state index in [1.165, 1.54) is 24.3 Å². The molecule has 11 aromatic carbocycles. The Morgan fingerprint density at radius 1 is 0.440 bits per heavy atom. The number of aromatic hydroxyl groups is 2. The second-order valence-corrected chi connectivity index (χ2v) is 31.5. The Hall–Kier alpha value is -12.6. The van der Waals surface area contributed by atoms with Crippen molar-refractivity contribution in [1.29, 1.82) is 0 Å². The largest absolute Gasteiger partial charge is 0.507 e. The molecule has 8 unspecified atom stereocenters. The third kappa shape index (κ3) is 15.3. The molecule has 0 spiro atoms. The summed E-state index contributed by atoms with van der Waals surface area (Å²) in [7, 11) is 3.25. The van der Waals surface area contributed by atoms with Crippen LogP contribution in [0.2, 0.25) is 5.02 Å². The van der Waals surface area contributed by atoms with Gasteiger partial charge in [0.1, 0.15) is 51.8 Å². The van der Waals surface area contributed by atoms with Crippen molar-refractivity contribution < 1.29 is 52.9 Å². The number of methoxy groups -OCH3 is 2. The first-order valence-electron chi connectivity index (χ1n) is 37.1. The first kappa shape index (κ1) is 76.0. The lowest BCUT2D eigenvalue weighted by Crippen LogP contribution is -2.33. The van der Waals surface area contributed by atoms with Crippen molar-refractivity contribution in [2.24, 2.45) is 20.4 Å². The number of nitro groups is 2. The molecule has 22 nitrogen and oxygen atoms in total. The molecule has 0 saturated carbocycles. The number of phenols is 2. The van der Waals surface area contributed by atoms with E-state index < -0.39 is 34.8 Å². The number of benzene rings is 11. The van der Waals surface area contributed by atoms with Crippen LogP contribution in [0.1, 0.15) is 146 Å². The Kier molecular flexibility index (Phi) is 21.2. The highest BCUT2D eigenvalue weighted by Crippen LogP contribution is 2.54. The van der Waals surface area contributed by atoms with E-state index in [1.807, 2.05) is 191 Å². The van der Waals surface area contributed by atoms with Gasteiger partial charge in [-0.1, -0.05) is 146 Å². The molecule has 2 N–H and O–H groups in total. The summed E-state index contributed by atoms with van der Waals surface area (Å²) < 4.78 is 51.0. The van der Waals surface area contributed by atoms with Gasteiger partial charge in [0.25, 0.3) is 11.4 Å². The van der Waals surface area contributed by atoms with Gasteiger partial charge < -0.3 is 38.6 Å². The lowest BCUT2D eigenvalue weighted by Gasteiger charge is -2.38. The zero-order valence-electron chi connectivity index (χ0n) is 62.1. The van der Waals surface area contributed by atoms with Crippen LogP contribution in [0.4, 0.5) is 15.8 Å². The Labute approximate surface area is 691 Å². The number of ether oxygens (including phenoxy) is 6. The van der Waals surface area contributed by atoms with Crippen molar-refractivity contribution in [3.8, 4) is 46.0 Å². The molecule has 9 heterocycles. The molecule has 1 aromatic heterocycles. The Bertz CT molecular complexity index is 5910. The van der Waals surface area contributed by atoms with Crippen molar-refractivity contribution in [2.45, 2.75) is 81.7 Å². The average molecular weight is 1720 g/mol. The monoisotopic (exact) mass is 1710 g/mol. The molecule has 582 valence electrons. The summed E-state index contributed by atoms with van der Waals surface area (Å²) in [5.74, 6) is 4.67. The van der Waals surface area contributed by atoms with Crippen molar-refractivity contribution in [3.63, 3.8) is 0 Å². The highest BCUT2D eigenvalue weighted by Gasteiger charge is 2.47. The first-order chi connectivity index (χ1) is 56.4. The number of fused-ring (bicyclic) bond motifs is 12. The van der Waals surface area contributed by atoms with Gasteiger partial charge in [0.15, 0.2) is 0 Å². The molecule has 0 radical (unpaired) electrons. The van der Waals surface area contributed by atoms with Crippen LogP contribution in [0.25, 0.3) is 0 Å². The van der Waals surface area contributed by atoms with Crippen molar-refractivity contribution in [2.75, 3.05) is 14.2 Å². The van der Waals surface area contributed by atoms with Gasteiger partial charge in [-0.25, -0.2) is 24.4 Å². The zero-order chi connectivity index (χ0) is 80.0. The number of thiophene rings is 1. The summed E-state index contributed by atoms with van der Waals surface area (Å²) >= 11 is 14.8. The molecule has 12 aromatic rings. The standard InChI is InChI=1S/C23H18BrN3O4.C23H19FN2O2.C22H15BrClN3O3.C21H18N2O3S/c1-30-18-8-5-14(6-9-18)20-13-21-19-12-16(24)7-10-22(19)31-23(26(21)25-20)15-3-2-4-17(11-15)27(28)29;1-14-6-11-21(27)18(12-14)23-26-20(17-4-2-3-5-22(17)28-23)13-19(25-26)15-7-9-16(24)10-8-15;23-15-6-9-21-18(11-15)20-12-19(13-4-7-16(24)8-5-13)25-26(20)22(30-21)14-2-1-3-17(10-14)27(28)29;1-25-13-8-9-18(24)15(11-13)21-23-17(14-5-2-3-6-19(14)26-21)12-16(22-23)20-7-4-10-27-20/h2-12,21,23H,13H2,1H3;2-12,20,23,27H,13H2,1H3;1-11,20,22H,12H2;2-11,17,21,24H,12H2,1H3. The predicted molar refractivity (Wildman–Crippen MR) is 446 cm³/mol. The predicted octanol–water partition coefficient (Wildman–Crippen LogP) is 21.6. The number of hydrogen-bond acceptors (Lipinski definition) is 21. The summed E-state index contributed by atoms with van der Waals surface area (Å²) in [6.07, 6.45) is 0.722. The number of hydrazone groups is 4. The van der Waals surface area contributed by atoms with Crippen molar-refractivity contribution in [1.82, 2.24) is 20.0 Å². The third-order valence-electron chi connectivity index (χ3n) is 21.2. The summed E-state index contributed by atoms with van der Waals surface area (Å²) in [6, 6.07) is 77.3. The van der Waals surface area contributed by atoms with E-state index in [-0.39, 0.29) is 52.9 Å². The summed E-state index contributed by atoms with van der Waals surface area (Å²) in [5, 5.41) is 73.4.